The van der Waals surface area contributed by atoms with Crippen LogP contribution in [-0.4, -0.2) is 44.8 Å². The Balaban J connectivity index is 1.81. The smallest absolute Gasteiger partial charge is 0.243 e. The number of sulfonamides is 1. The highest BCUT2D eigenvalue weighted by Crippen LogP contribution is 2.35. The Morgan fingerprint density at radius 1 is 1.22 bits per heavy atom. The van der Waals surface area contributed by atoms with Crippen molar-refractivity contribution in [3.8, 4) is 11.5 Å². The minimum absolute atomic E-state index is 0.211. The van der Waals surface area contributed by atoms with Gasteiger partial charge in [-0.15, -0.1) is 0 Å². The molecule has 1 amide bonds. The summed E-state index contributed by atoms with van der Waals surface area (Å²) in [6.45, 7) is 2.57. The van der Waals surface area contributed by atoms with E-state index in [0.717, 1.165) is 10.6 Å². The Morgan fingerprint density at radius 3 is 2.63 bits per heavy atom. The molecule has 2 aromatic rings. The molecule has 1 aromatic carbocycles. The van der Waals surface area contributed by atoms with E-state index in [2.05, 4.69) is 10.3 Å². The number of nitrogens with one attached hydrogen (secondary N) is 1. The number of fused-ring (bicyclic) bond motifs is 1. The molecule has 0 unspecified atom stereocenters. The summed E-state index contributed by atoms with van der Waals surface area (Å²) in [5.41, 5.74) is 1.02. The predicted octanol–water partition coefficient (Wildman–Crippen LogP) is 1.32. The van der Waals surface area contributed by atoms with Crippen LogP contribution in [0.5, 0.6) is 11.5 Å². The lowest BCUT2D eigenvalue weighted by Crippen LogP contribution is -2.47. The number of anilines is 1. The van der Waals surface area contributed by atoms with E-state index >= 15 is 0 Å². The number of pyridine rings is 1. The molecule has 0 fully saturated rings. The first-order valence-electron chi connectivity index (χ1n) is 8.43. The highest BCUT2D eigenvalue weighted by Gasteiger charge is 2.30. The van der Waals surface area contributed by atoms with Crippen LogP contribution in [0.25, 0.3) is 0 Å². The van der Waals surface area contributed by atoms with Crippen molar-refractivity contribution >= 4 is 21.6 Å². The predicted molar refractivity (Wildman–Crippen MR) is 100 cm³/mol. The van der Waals surface area contributed by atoms with Gasteiger partial charge >= 0.3 is 0 Å². The van der Waals surface area contributed by atoms with Crippen molar-refractivity contribution in [2.24, 2.45) is 0 Å². The van der Waals surface area contributed by atoms with E-state index in [1.807, 2.05) is 6.07 Å². The van der Waals surface area contributed by atoms with E-state index in [9.17, 15) is 13.2 Å². The topological polar surface area (TPSA) is 97.8 Å². The fourth-order valence-electron chi connectivity index (χ4n) is 2.81. The molecule has 27 heavy (non-hydrogen) atoms. The lowest BCUT2D eigenvalue weighted by atomic mass is 10.2. The van der Waals surface area contributed by atoms with Gasteiger partial charge in [0.05, 0.1) is 24.2 Å². The van der Waals surface area contributed by atoms with Gasteiger partial charge in [-0.25, -0.2) is 8.42 Å². The largest absolute Gasteiger partial charge is 0.486 e. The zero-order chi connectivity index (χ0) is 19.4. The van der Waals surface area contributed by atoms with Crippen LogP contribution < -0.4 is 19.1 Å². The van der Waals surface area contributed by atoms with Crippen molar-refractivity contribution in [1.82, 2.24) is 10.3 Å². The van der Waals surface area contributed by atoms with Crippen LogP contribution in [0, 0.1) is 0 Å². The van der Waals surface area contributed by atoms with E-state index < -0.39 is 22.0 Å². The monoisotopic (exact) mass is 391 g/mol. The molecule has 2 heterocycles. The molecule has 9 heteroatoms. The number of benzene rings is 1. The van der Waals surface area contributed by atoms with E-state index in [0.29, 0.717) is 36.1 Å². The van der Waals surface area contributed by atoms with Gasteiger partial charge in [0, 0.05) is 12.3 Å². The van der Waals surface area contributed by atoms with Crippen molar-refractivity contribution < 1.29 is 22.7 Å². The second-order valence-corrected chi connectivity index (χ2v) is 7.96. The third-order valence-corrected chi connectivity index (χ3v) is 5.28. The Hall–Kier alpha value is -2.81. The van der Waals surface area contributed by atoms with Crippen LogP contribution >= 0.6 is 0 Å². The van der Waals surface area contributed by atoms with Crippen LogP contribution in [-0.2, 0) is 21.4 Å². The third-order valence-electron chi connectivity index (χ3n) is 4.04. The van der Waals surface area contributed by atoms with Gasteiger partial charge in [-0.2, -0.15) is 0 Å². The summed E-state index contributed by atoms with van der Waals surface area (Å²) in [4.78, 5) is 16.7. The number of carbonyl (C=O) groups is 1. The molecular weight excluding hydrogens is 370 g/mol. The highest BCUT2D eigenvalue weighted by atomic mass is 32.2. The molecule has 1 N–H and O–H groups in total. The number of aromatic nitrogens is 1. The fraction of sp³-hybridized carbons (Fsp3) is 0.333. The number of nitrogens with zero attached hydrogens (tertiary/aromatic N) is 2. The Bertz CT molecular complexity index is 918. The van der Waals surface area contributed by atoms with Gasteiger partial charge in [0.15, 0.2) is 11.5 Å². The molecule has 0 saturated heterocycles. The van der Waals surface area contributed by atoms with Crippen molar-refractivity contribution in [2.45, 2.75) is 19.5 Å². The zero-order valence-electron chi connectivity index (χ0n) is 15.1. The normalized spacial score (nSPS) is 14.3. The number of amides is 1. The molecule has 0 saturated carbocycles. The lowest BCUT2D eigenvalue weighted by Gasteiger charge is -2.29. The van der Waals surface area contributed by atoms with E-state index in [1.165, 1.54) is 6.92 Å². The summed E-state index contributed by atoms with van der Waals surface area (Å²) in [5.74, 6) is 0.570. The van der Waals surface area contributed by atoms with Gasteiger partial charge < -0.3 is 14.8 Å². The minimum atomic E-state index is -3.71. The third kappa shape index (κ3) is 4.48. The molecule has 144 valence electrons. The standard InChI is InChI=1S/C18H21N3O5S/c1-13(18(22)20-12-14-5-3-4-8-19-14)21(27(2,23)24)15-6-7-16-17(11-15)26-10-9-25-16/h3-8,11,13H,9-10,12H2,1-2H3,(H,20,22)/t13-/m1/s1. The minimum Gasteiger partial charge on any atom is -0.486 e. The maximum atomic E-state index is 12.6. The molecule has 0 aliphatic carbocycles. The van der Waals surface area contributed by atoms with Crippen molar-refractivity contribution in [3.63, 3.8) is 0 Å². The SMILES string of the molecule is C[C@H](C(=O)NCc1ccccn1)N(c1ccc2c(c1)OCCO2)S(C)(=O)=O. The molecule has 1 atom stereocenters. The van der Waals surface area contributed by atoms with Gasteiger partial charge in [0.1, 0.15) is 19.3 Å². The quantitative estimate of drug-likeness (QED) is 0.798. The van der Waals surface area contributed by atoms with Crippen LogP contribution in [0.2, 0.25) is 0 Å². The molecular formula is C18H21N3O5S. The van der Waals surface area contributed by atoms with E-state index in [4.69, 9.17) is 9.47 Å². The van der Waals surface area contributed by atoms with E-state index in [1.54, 1.807) is 36.5 Å². The molecule has 0 bridgehead atoms. The molecule has 3 rings (SSSR count). The first kappa shape index (κ1) is 19.0. The Labute approximate surface area is 158 Å². The summed E-state index contributed by atoms with van der Waals surface area (Å²) >= 11 is 0. The van der Waals surface area contributed by atoms with Crippen LogP contribution in [0.1, 0.15) is 12.6 Å². The summed E-state index contributed by atoms with van der Waals surface area (Å²) in [6, 6.07) is 9.22. The van der Waals surface area contributed by atoms with Crippen LogP contribution in [0.3, 0.4) is 0 Å². The van der Waals surface area contributed by atoms with Gasteiger partial charge in [0.2, 0.25) is 15.9 Å². The number of rotatable bonds is 6. The Kier molecular flexibility index (Phi) is 5.50. The summed E-state index contributed by atoms with van der Waals surface area (Å²) in [5, 5.41) is 2.72. The molecule has 0 spiro atoms. The van der Waals surface area contributed by atoms with E-state index in [-0.39, 0.29) is 6.54 Å². The first-order chi connectivity index (χ1) is 12.9. The van der Waals surface area contributed by atoms with Crippen molar-refractivity contribution in [2.75, 3.05) is 23.8 Å². The van der Waals surface area contributed by atoms with Crippen LogP contribution in [0.15, 0.2) is 42.6 Å². The number of hydrogen-bond acceptors (Lipinski definition) is 6. The molecule has 1 aliphatic heterocycles. The highest BCUT2D eigenvalue weighted by molar-refractivity contribution is 7.92. The average Bonchev–Trinajstić information content (AvgIpc) is 2.65. The van der Waals surface area contributed by atoms with Gasteiger partial charge in [-0.05, 0) is 31.2 Å². The number of ether oxygens (including phenoxy) is 2. The second-order valence-electron chi connectivity index (χ2n) is 6.10. The van der Waals surface area contributed by atoms with Crippen molar-refractivity contribution in [1.29, 1.82) is 0 Å². The molecule has 0 radical (unpaired) electrons. The van der Waals surface area contributed by atoms with Gasteiger partial charge in [-0.1, -0.05) is 6.07 Å². The summed E-state index contributed by atoms with van der Waals surface area (Å²) in [7, 11) is -3.71. The van der Waals surface area contributed by atoms with Crippen LogP contribution in [0.4, 0.5) is 5.69 Å². The number of hydrogen-bond donors (Lipinski definition) is 1. The molecule has 1 aromatic heterocycles. The van der Waals surface area contributed by atoms with Gasteiger partial charge in [-0.3, -0.25) is 14.1 Å². The molecule has 1 aliphatic rings. The van der Waals surface area contributed by atoms with Gasteiger partial charge in [0.25, 0.3) is 0 Å². The fourth-order valence-corrected chi connectivity index (χ4v) is 3.97. The zero-order valence-corrected chi connectivity index (χ0v) is 15.9. The Morgan fingerprint density at radius 2 is 1.96 bits per heavy atom. The number of carbonyl (C=O) groups excluding carboxylic acids is 1. The van der Waals surface area contributed by atoms with Crippen molar-refractivity contribution in [3.05, 3.63) is 48.3 Å². The molecule has 8 nitrogen and oxygen atoms in total. The summed E-state index contributed by atoms with van der Waals surface area (Å²) in [6.07, 6.45) is 2.69. The average molecular weight is 391 g/mol. The maximum absolute atomic E-state index is 12.6. The lowest BCUT2D eigenvalue weighted by molar-refractivity contribution is -0.122. The second kappa shape index (κ2) is 7.83. The summed E-state index contributed by atoms with van der Waals surface area (Å²) < 4.78 is 36.8. The maximum Gasteiger partial charge on any atom is 0.243 e. The first-order valence-corrected chi connectivity index (χ1v) is 10.3.